The predicted octanol–water partition coefficient (Wildman–Crippen LogP) is 7.87. The molecule has 4 heteroatoms. The molecule has 0 unspecified atom stereocenters. The van der Waals surface area contributed by atoms with Gasteiger partial charge in [-0.2, -0.15) is 0 Å². The molecule has 37 heavy (non-hydrogen) atoms. The molecule has 3 nitrogen and oxygen atoms in total. The number of carbonyl (C=O) groups is 1. The van der Waals surface area contributed by atoms with Gasteiger partial charge in [0.15, 0.2) is 0 Å². The summed E-state index contributed by atoms with van der Waals surface area (Å²) in [6.07, 6.45) is 6.97. The first-order chi connectivity index (χ1) is 17.7. The normalized spacial score (nSPS) is 23.1. The summed E-state index contributed by atoms with van der Waals surface area (Å²) < 4.78 is 21.2. The number of allylic oxidation sites excluding steroid dienone is 2. The van der Waals surface area contributed by atoms with Crippen LogP contribution < -0.4 is 4.74 Å². The lowest BCUT2D eigenvalue weighted by atomic mass is 9.79. The van der Waals surface area contributed by atoms with Gasteiger partial charge in [0, 0.05) is 11.0 Å². The number of carboxylic acid groups (broad SMARTS) is 1. The van der Waals surface area contributed by atoms with E-state index >= 15 is 0 Å². The van der Waals surface area contributed by atoms with Gasteiger partial charge in [-0.05, 0) is 108 Å². The van der Waals surface area contributed by atoms with Gasteiger partial charge >= 0.3 is 5.97 Å². The van der Waals surface area contributed by atoms with Crippen LogP contribution in [0, 0.1) is 24.1 Å². The number of fused-ring (bicyclic) bond motifs is 2. The Kier molecular flexibility index (Phi) is 5.56. The average molecular weight is 497 g/mol. The first-order valence-corrected chi connectivity index (χ1v) is 13.3. The number of ether oxygens (including phenoxy) is 1. The number of aliphatic carboxylic acids is 1. The fourth-order valence-electron chi connectivity index (χ4n) is 6.64. The second-order valence-electron chi connectivity index (χ2n) is 11.8. The third-order valence-electron chi connectivity index (χ3n) is 8.87. The molecule has 6 rings (SSSR count). The fourth-order valence-corrected chi connectivity index (χ4v) is 6.64. The Balaban J connectivity index is 1.31. The zero-order valence-electron chi connectivity index (χ0n) is 21.7. The predicted molar refractivity (Wildman–Crippen MR) is 144 cm³/mol. The Hall–Kier alpha value is -3.40. The number of hydrogen-bond donors (Lipinski definition) is 1. The quantitative estimate of drug-likeness (QED) is 0.378. The Morgan fingerprint density at radius 3 is 2.59 bits per heavy atom. The van der Waals surface area contributed by atoms with Crippen LogP contribution >= 0.6 is 0 Å². The van der Waals surface area contributed by atoms with E-state index in [9.17, 15) is 14.3 Å². The molecule has 1 saturated carbocycles. The lowest BCUT2D eigenvalue weighted by Gasteiger charge is -2.25. The van der Waals surface area contributed by atoms with Gasteiger partial charge in [0.1, 0.15) is 18.2 Å². The van der Waals surface area contributed by atoms with E-state index in [1.807, 2.05) is 31.2 Å². The molecule has 0 aliphatic heterocycles. The molecule has 1 fully saturated rings. The van der Waals surface area contributed by atoms with Crippen molar-refractivity contribution in [1.82, 2.24) is 0 Å². The van der Waals surface area contributed by atoms with E-state index in [0.717, 1.165) is 65.7 Å². The van der Waals surface area contributed by atoms with Gasteiger partial charge in [-0.25, -0.2) is 4.39 Å². The fraction of sp³-hybridized carbons (Fsp3) is 0.364. The van der Waals surface area contributed by atoms with Crippen LogP contribution in [0.25, 0.3) is 16.7 Å². The highest BCUT2D eigenvalue weighted by Crippen LogP contribution is 2.62. The Bertz CT molecular complexity index is 1450. The molecular formula is C33H33FO3. The van der Waals surface area contributed by atoms with E-state index < -0.39 is 5.97 Å². The topological polar surface area (TPSA) is 46.5 Å². The van der Waals surface area contributed by atoms with Crippen molar-refractivity contribution in [2.75, 3.05) is 0 Å². The van der Waals surface area contributed by atoms with E-state index in [1.54, 1.807) is 12.1 Å². The van der Waals surface area contributed by atoms with Crippen LogP contribution in [0.15, 0.2) is 60.7 Å². The summed E-state index contributed by atoms with van der Waals surface area (Å²) in [6.45, 7) is 6.90. The molecule has 0 aromatic heterocycles. The third-order valence-corrected chi connectivity index (χ3v) is 8.87. The zero-order valence-corrected chi connectivity index (χ0v) is 21.7. The molecule has 0 saturated heterocycles. The van der Waals surface area contributed by atoms with E-state index in [2.05, 4.69) is 38.1 Å². The summed E-state index contributed by atoms with van der Waals surface area (Å²) in [5.41, 5.74) is 8.17. The van der Waals surface area contributed by atoms with Gasteiger partial charge in [0.2, 0.25) is 0 Å². The molecule has 2 atom stereocenters. The highest BCUT2D eigenvalue weighted by atomic mass is 19.1. The van der Waals surface area contributed by atoms with Crippen molar-refractivity contribution in [3.8, 4) is 16.9 Å². The second-order valence-corrected chi connectivity index (χ2v) is 11.8. The smallest absolute Gasteiger partial charge is 0.307 e. The molecular weight excluding hydrogens is 463 g/mol. The summed E-state index contributed by atoms with van der Waals surface area (Å²) in [5, 5.41) is 9.56. The number of rotatable bonds is 6. The van der Waals surface area contributed by atoms with E-state index in [4.69, 9.17) is 4.74 Å². The van der Waals surface area contributed by atoms with Gasteiger partial charge < -0.3 is 9.84 Å². The molecule has 3 aromatic carbocycles. The molecule has 3 aliphatic rings. The lowest BCUT2D eigenvalue weighted by molar-refractivity contribution is -0.139. The van der Waals surface area contributed by atoms with Crippen molar-refractivity contribution in [2.45, 2.75) is 64.9 Å². The maximum atomic E-state index is 15.0. The number of benzene rings is 3. The molecule has 0 heterocycles. The van der Waals surface area contributed by atoms with Crippen LogP contribution in [-0.4, -0.2) is 11.1 Å². The summed E-state index contributed by atoms with van der Waals surface area (Å²) in [5.74, 6) is -0.406. The Morgan fingerprint density at radius 1 is 1.03 bits per heavy atom. The summed E-state index contributed by atoms with van der Waals surface area (Å²) in [7, 11) is 0. The van der Waals surface area contributed by atoms with Crippen molar-refractivity contribution >= 4 is 11.5 Å². The minimum absolute atomic E-state index is 0.0216. The first-order valence-electron chi connectivity index (χ1n) is 13.3. The monoisotopic (exact) mass is 496 g/mol. The molecule has 3 aromatic rings. The Morgan fingerprint density at radius 2 is 1.86 bits per heavy atom. The van der Waals surface area contributed by atoms with Crippen LogP contribution in [0.5, 0.6) is 5.75 Å². The first kappa shape index (κ1) is 24.0. The summed E-state index contributed by atoms with van der Waals surface area (Å²) in [6, 6.07) is 17.6. The van der Waals surface area contributed by atoms with E-state index in [-0.39, 0.29) is 22.6 Å². The van der Waals surface area contributed by atoms with Crippen LogP contribution in [0.2, 0.25) is 0 Å². The lowest BCUT2D eigenvalue weighted by Crippen LogP contribution is -2.12. The second kappa shape index (κ2) is 8.58. The summed E-state index contributed by atoms with van der Waals surface area (Å²) in [4.78, 5) is 11.6. The third kappa shape index (κ3) is 4.07. The maximum Gasteiger partial charge on any atom is 0.307 e. The maximum absolute atomic E-state index is 15.0. The van der Waals surface area contributed by atoms with E-state index in [1.165, 1.54) is 11.1 Å². The summed E-state index contributed by atoms with van der Waals surface area (Å²) >= 11 is 0. The Labute approximate surface area is 218 Å². The van der Waals surface area contributed by atoms with Crippen molar-refractivity contribution in [3.63, 3.8) is 0 Å². The molecule has 1 N–H and O–H groups in total. The van der Waals surface area contributed by atoms with Gasteiger partial charge in [-0.3, -0.25) is 4.79 Å². The van der Waals surface area contributed by atoms with Gasteiger partial charge in [-0.1, -0.05) is 49.8 Å². The highest BCUT2D eigenvalue weighted by molar-refractivity contribution is 5.85. The van der Waals surface area contributed by atoms with Crippen molar-refractivity contribution in [2.24, 2.45) is 11.3 Å². The van der Waals surface area contributed by atoms with Crippen LogP contribution in [0.1, 0.15) is 67.3 Å². The largest absolute Gasteiger partial charge is 0.489 e. The minimum Gasteiger partial charge on any atom is -0.489 e. The number of hydrogen-bond acceptors (Lipinski definition) is 2. The SMILES string of the molecule is Cc1ccc(F)c(-c2ccc(COc3ccc4c(c3)[C@@]3(CC4)C[C@@H]3C(=O)O)cc2C2=CCCC2(C)C)c1. The van der Waals surface area contributed by atoms with Gasteiger partial charge in [0.05, 0.1) is 5.92 Å². The molecule has 0 bridgehead atoms. The minimum atomic E-state index is -0.694. The van der Waals surface area contributed by atoms with Gasteiger partial charge in [-0.15, -0.1) is 0 Å². The highest BCUT2D eigenvalue weighted by Gasteiger charge is 2.61. The average Bonchev–Trinajstić information content (AvgIpc) is 3.36. The van der Waals surface area contributed by atoms with Crippen molar-refractivity contribution in [3.05, 3.63) is 94.3 Å². The van der Waals surface area contributed by atoms with Crippen LogP contribution in [0.4, 0.5) is 4.39 Å². The van der Waals surface area contributed by atoms with Gasteiger partial charge in [0.25, 0.3) is 0 Å². The molecule has 3 aliphatic carbocycles. The zero-order chi connectivity index (χ0) is 25.9. The molecule has 0 amide bonds. The van der Waals surface area contributed by atoms with Crippen molar-refractivity contribution in [1.29, 1.82) is 0 Å². The standard InChI is InChI=1S/C33H33FO3/c1-20-6-11-30(34)26(15-20)24-10-7-21(16-25(24)27-5-4-13-32(27,2)3)19-37-23-9-8-22-12-14-33(28(22)17-23)18-29(33)31(35)36/h5-11,15-17,29H,4,12-14,18-19H2,1-3H3,(H,35,36)/t29-,33-/m1/s1. The number of halogens is 1. The number of carboxylic acids is 1. The van der Waals surface area contributed by atoms with Crippen LogP contribution in [0.3, 0.4) is 0 Å². The van der Waals surface area contributed by atoms with Crippen LogP contribution in [-0.2, 0) is 23.2 Å². The molecule has 190 valence electrons. The van der Waals surface area contributed by atoms with Crippen molar-refractivity contribution < 1.29 is 19.0 Å². The number of aryl methyl sites for hydroxylation is 2. The molecule has 1 spiro atoms. The van der Waals surface area contributed by atoms with E-state index in [0.29, 0.717) is 12.2 Å². The molecule has 0 radical (unpaired) electrons.